The van der Waals surface area contributed by atoms with Crippen LogP contribution in [-0.4, -0.2) is 50.1 Å². The Balaban J connectivity index is 3.04. The van der Waals surface area contributed by atoms with Gasteiger partial charge in [-0.2, -0.15) is 11.8 Å². The summed E-state index contributed by atoms with van der Waals surface area (Å²) < 4.78 is 4.54. The van der Waals surface area contributed by atoms with E-state index in [1.165, 1.54) is 7.11 Å². The van der Waals surface area contributed by atoms with Crippen LogP contribution in [0.5, 0.6) is 0 Å². The van der Waals surface area contributed by atoms with E-state index in [0.29, 0.717) is 6.42 Å². The lowest BCUT2D eigenvalue weighted by Crippen LogP contribution is -2.15. The van der Waals surface area contributed by atoms with Gasteiger partial charge in [-0.25, -0.2) is 0 Å². The number of hydrogen-bond acceptors (Lipinski definition) is 4. The molecule has 0 bridgehead atoms. The van der Waals surface area contributed by atoms with Crippen molar-refractivity contribution >= 4 is 17.7 Å². The predicted molar refractivity (Wildman–Crippen MR) is 57.1 cm³/mol. The van der Waals surface area contributed by atoms with Crippen molar-refractivity contribution in [2.45, 2.75) is 12.8 Å². The van der Waals surface area contributed by atoms with E-state index in [0.717, 1.165) is 24.5 Å². The van der Waals surface area contributed by atoms with Gasteiger partial charge in [-0.3, -0.25) is 4.79 Å². The molecule has 0 saturated heterocycles. The lowest BCUT2D eigenvalue weighted by molar-refractivity contribution is -0.140. The fourth-order valence-corrected chi connectivity index (χ4v) is 1.82. The molecule has 13 heavy (non-hydrogen) atoms. The molecule has 0 unspecified atom stereocenters. The van der Waals surface area contributed by atoms with Crippen molar-refractivity contribution in [2.24, 2.45) is 0 Å². The lowest BCUT2D eigenvalue weighted by atomic mass is 10.3. The van der Waals surface area contributed by atoms with Gasteiger partial charge in [0, 0.05) is 18.7 Å². The van der Waals surface area contributed by atoms with Crippen LogP contribution in [0.1, 0.15) is 12.8 Å². The highest BCUT2D eigenvalue weighted by Crippen LogP contribution is 2.04. The first-order valence-corrected chi connectivity index (χ1v) is 5.61. The van der Waals surface area contributed by atoms with Crippen molar-refractivity contribution in [2.75, 3.05) is 39.3 Å². The van der Waals surface area contributed by atoms with Gasteiger partial charge in [-0.05, 0) is 26.3 Å². The fraction of sp³-hybridized carbons (Fsp3) is 0.889. The van der Waals surface area contributed by atoms with Crippen LogP contribution in [0.3, 0.4) is 0 Å². The van der Waals surface area contributed by atoms with Crippen LogP contribution in [-0.2, 0) is 9.53 Å². The molecular formula is C9H19NO2S. The number of rotatable bonds is 7. The monoisotopic (exact) mass is 205 g/mol. The molecule has 0 amide bonds. The summed E-state index contributed by atoms with van der Waals surface area (Å²) in [5, 5.41) is 0. The molecule has 0 aliphatic carbocycles. The van der Waals surface area contributed by atoms with E-state index in [1.807, 2.05) is 11.8 Å². The third-order valence-electron chi connectivity index (χ3n) is 1.58. The Bertz CT molecular complexity index is 140. The number of ether oxygens (including phenoxy) is 1. The van der Waals surface area contributed by atoms with E-state index in [9.17, 15) is 4.79 Å². The Labute approximate surface area is 84.8 Å². The van der Waals surface area contributed by atoms with E-state index in [1.54, 1.807) is 0 Å². The minimum Gasteiger partial charge on any atom is -0.469 e. The van der Waals surface area contributed by atoms with Gasteiger partial charge in [-0.15, -0.1) is 0 Å². The summed E-state index contributed by atoms with van der Waals surface area (Å²) in [4.78, 5) is 12.9. The van der Waals surface area contributed by atoms with Gasteiger partial charge < -0.3 is 9.64 Å². The Kier molecular flexibility index (Phi) is 8.24. The zero-order valence-corrected chi connectivity index (χ0v) is 9.52. The summed E-state index contributed by atoms with van der Waals surface area (Å²) in [7, 11) is 5.56. The maximum Gasteiger partial charge on any atom is 0.305 e. The number of nitrogens with zero attached hydrogens (tertiary/aromatic N) is 1. The van der Waals surface area contributed by atoms with Gasteiger partial charge >= 0.3 is 5.97 Å². The van der Waals surface area contributed by atoms with Crippen LogP contribution in [0.15, 0.2) is 0 Å². The molecule has 0 saturated carbocycles. The second-order valence-corrected chi connectivity index (χ2v) is 4.32. The first-order chi connectivity index (χ1) is 6.16. The smallest absolute Gasteiger partial charge is 0.305 e. The Morgan fingerprint density at radius 1 is 1.38 bits per heavy atom. The molecular weight excluding hydrogens is 186 g/mol. The average molecular weight is 205 g/mol. The van der Waals surface area contributed by atoms with Crippen molar-refractivity contribution in [3.05, 3.63) is 0 Å². The van der Waals surface area contributed by atoms with Gasteiger partial charge in [0.2, 0.25) is 0 Å². The molecule has 78 valence electrons. The lowest BCUT2D eigenvalue weighted by Gasteiger charge is -2.08. The maximum atomic E-state index is 10.7. The highest BCUT2D eigenvalue weighted by molar-refractivity contribution is 7.99. The van der Waals surface area contributed by atoms with E-state index >= 15 is 0 Å². The van der Waals surface area contributed by atoms with E-state index in [4.69, 9.17) is 0 Å². The highest BCUT2D eigenvalue weighted by atomic mass is 32.2. The first kappa shape index (κ1) is 12.8. The molecule has 0 aliphatic heterocycles. The Morgan fingerprint density at radius 3 is 2.62 bits per heavy atom. The van der Waals surface area contributed by atoms with Crippen molar-refractivity contribution in [1.82, 2.24) is 4.90 Å². The topological polar surface area (TPSA) is 29.5 Å². The quantitative estimate of drug-likeness (QED) is 0.462. The summed E-state index contributed by atoms with van der Waals surface area (Å²) in [5.74, 6) is 2.07. The first-order valence-electron chi connectivity index (χ1n) is 4.46. The number of methoxy groups -OCH3 is 1. The number of carbonyl (C=O) groups excluding carboxylic acids is 1. The predicted octanol–water partition coefficient (Wildman–Crippen LogP) is 1.23. The third kappa shape index (κ3) is 9.70. The van der Waals surface area contributed by atoms with E-state index < -0.39 is 0 Å². The van der Waals surface area contributed by atoms with Crippen molar-refractivity contribution in [1.29, 1.82) is 0 Å². The molecule has 0 rings (SSSR count). The second kappa shape index (κ2) is 8.38. The maximum absolute atomic E-state index is 10.7. The summed E-state index contributed by atoms with van der Waals surface area (Å²) in [6, 6.07) is 0. The molecule has 0 atom stereocenters. The molecule has 0 heterocycles. The number of carbonyl (C=O) groups is 1. The third-order valence-corrected chi connectivity index (χ3v) is 2.63. The van der Waals surface area contributed by atoms with E-state index in [2.05, 4.69) is 23.7 Å². The second-order valence-electron chi connectivity index (χ2n) is 3.10. The molecule has 0 aromatic heterocycles. The summed E-state index contributed by atoms with van der Waals surface area (Å²) in [5.41, 5.74) is 0. The average Bonchev–Trinajstić information content (AvgIpc) is 2.10. The number of hydrogen-bond donors (Lipinski definition) is 0. The summed E-state index contributed by atoms with van der Waals surface area (Å²) in [6.07, 6.45) is 1.47. The van der Waals surface area contributed by atoms with Crippen LogP contribution >= 0.6 is 11.8 Å². The number of thioether (sulfide) groups is 1. The van der Waals surface area contributed by atoms with Crippen LogP contribution < -0.4 is 0 Å². The standard InChI is InChI=1S/C9H19NO2S/c1-10(2)6-8-13-7-4-5-9(11)12-3/h4-8H2,1-3H3. The Hall–Kier alpha value is -0.220. The van der Waals surface area contributed by atoms with Crippen molar-refractivity contribution in [3.8, 4) is 0 Å². The molecule has 0 N–H and O–H groups in total. The van der Waals surface area contributed by atoms with Gasteiger partial charge in [0.05, 0.1) is 7.11 Å². The van der Waals surface area contributed by atoms with Gasteiger partial charge in [0.1, 0.15) is 0 Å². The molecule has 0 aromatic carbocycles. The summed E-state index contributed by atoms with van der Waals surface area (Å²) >= 11 is 1.88. The van der Waals surface area contributed by atoms with Gasteiger partial charge in [0.15, 0.2) is 0 Å². The molecule has 0 aromatic rings. The molecule has 0 radical (unpaired) electrons. The molecule has 0 aliphatic rings. The minimum absolute atomic E-state index is 0.104. The van der Waals surface area contributed by atoms with Gasteiger partial charge in [-0.1, -0.05) is 0 Å². The molecule has 0 spiro atoms. The summed E-state index contributed by atoms with van der Waals surface area (Å²) in [6.45, 7) is 1.10. The van der Waals surface area contributed by atoms with Crippen molar-refractivity contribution < 1.29 is 9.53 Å². The largest absolute Gasteiger partial charge is 0.469 e. The fourth-order valence-electron chi connectivity index (χ4n) is 0.770. The molecule has 0 fully saturated rings. The molecule has 4 heteroatoms. The van der Waals surface area contributed by atoms with Crippen molar-refractivity contribution in [3.63, 3.8) is 0 Å². The van der Waals surface area contributed by atoms with E-state index in [-0.39, 0.29) is 5.97 Å². The van der Waals surface area contributed by atoms with Crippen LogP contribution in [0.25, 0.3) is 0 Å². The molecule has 3 nitrogen and oxygen atoms in total. The SMILES string of the molecule is COC(=O)CCCSCCN(C)C. The minimum atomic E-state index is -0.104. The zero-order valence-electron chi connectivity index (χ0n) is 8.71. The Morgan fingerprint density at radius 2 is 2.08 bits per heavy atom. The van der Waals surface area contributed by atoms with Crippen LogP contribution in [0.2, 0.25) is 0 Å². The normalized spacial score (nSPS) is 10.5. The number of esters is 1. The van der Waals surface area contributed by atoms with Crippen LogP contribution in [0.4, 0.5) is 0 Å². The zero-order chi connectivity index (χ0) is 10.1. The van der Waals surface area contributed by atoms with Gasteiger partial charge in [0.25, 0.3) is 0 Å². The highest BCUT2D eigenvalue weighted by Gasteiger charge is 1.99. The van der Waals surface area contributed by atoms with Crippen LogP contribution in [0, 0.1) is 0 Å².